The molecule has 0 rings (SSSR count). The summed E-state index contributed by atoms with van der Waals surface area (Å²) in [5.41, 5.74) is 0.511. The van der Waals surface area contributed by atoms with Gasteiger partial charge in [-0.25, -0.2) is 0 Å². The second kappa shape index (κ2) is 5.16. The molecule has 0 aromatic rings. The van der Waals surface area contributed by atoms with E-state index < -0.39 is 0 Å². The zero-order valence-corrected chi connectivity index (χ0v) is 10.3. The molecule has 1 unspecified atom stereocenters. The van der Waals surface area contributed by atoms with E-state index in [-0.39, 0.29) is 0 Å². The molecular weight excluding hydrogens is 164 g/mol. The van der Waals surface area contributed by atoms with Crippen LogP contribution in [0.5, 0.6) is 0 Å². The fourth-order valence-corrected chi connectivity index (χ4v) is 2.23. The maximum atomic E-state index is 2.40. The third-order valence-electron chi connectivity index (χ3n) is 3.18. The largest absolute Gasteiger partial charge is 0.165 e. The van der Waals surface area contributed by atoms with Crippen molar-refractivity contribution in [1.29, 1.82) is 0 Å². The summed E-state index contributed by atoms with van der Waals surface area (Å²) in [4.78, 5) is 0. The van der Waals surface area contributed by atoms with Crippen molar-refractivity contribution < 1.29 is 0 Å². The van der Waals surface area contributed by atoms with Crippen LogP contribution in [0.25, 0.3) is 0 Å². The van der Waals surface area contributed by atoms with E-state index in [0.717, 1.165) is 11.8 Å². The minimum Gasteiger partial charge on any atom is -0.165 e. The highest BCUT2D eigenvalue weighted by molar-refractivity contribution is 7.98. The fourth-order valence-electron chi connectivity index (χ4n) is 1.50. The van der Waals surface area contributed by atoms with Crippen LogP contribution in [0.2, 0.25) is 0 Å². The van der Waals surface area contributed by atoms with Gasteiger partial charge in [-0.1, -0.05) is 34.6 Å². The van der Waals surface area contributed by atoms with Gasteiger partial charge in [0.25, 0.3) is 0 Å². The smallest absolute Gasteiger partial charge is 0.00651 e. The van der Waals surface area contributed by atoms with Crippen molar-refractivity contribution >= 4 is 11.8 Å². The quantitative estimate of drug-likeness (QED) is 0.627. The Morgan fingerprint density at radius 2 is 1.67 bits per heavy atom. The molecular formula is C11H24S. The van der Waals surface area contributed by atoms with Crippen LogP contribution in [0.15, 0.2) is 0 Å². The highest BCUT2D eigenvalue weighted by Crippen LogP contribution is 2.35. The van der Waals surface area contributed by atoms with E-state index in [1.165, 1.54) is 12.2 Å². The normalized spacial score (nSPS) is 15.2. The monoisotopic (exact) mass is 188 g/mol. The molecule has 0 aromatic heterocycles. The Labute approximate surface area is 82.5 Å². The van der Waals surface area contributed by atoms with Crippen molar-refractivity contribution in [3.05, 3.63) is 0 Å². The van der Waals surface area contributed by atoms with Crippen LogP contribution in [-0.4, -0.2) is 12.0 Å². The predicted molar refractivity (Wildman–Crippen MR) is 60.8 cm³/mol. The Morgan fingerprint density at radius 3 is 2.00 bits per heavy atom. The average molecular weight is 188 g/mol. The molecule has 0 saturated heterocycles. The van der Waals surface area contributed by atoms with Crippen LogP contribution in [0, 0.1) is 17.3 Å². The molecule has 0 bridgehead atoms. The summed E-state index contributed by atoms with van der Waals surface area (Å²) in [7, 11) is 0. The van der Waals surface area contributed by atoms with Crippen molar-refractivity contribution in [3.8, 4) is 0 Å². The molecule has 0 nitrogen and oxygen atoms in total. The van der Waals surface area contributed by atoms with Gasteiger partial charge in [-0.15, -0.1) is 0 Å². The van der Waals surface area contributed by atoms with E-state index in [1.54, 1.807) is 0 Å². The minimum absolute atomic E-state index is 0.511. The van der Waals surface area contributed by atoms with Crippen LogP contribution < -0.4 is 0 Å². The molecule has 0 heterocycles. The van der Waals surface area contributed by atoms with Gasteiger partial charge in [-0.3, -0.25) is 0 Å². The van der Waals surface area contributed by atoms with Gasteiger partial charge in [0.15, 0.2) is 0 Å². The standard InChI is InChI=1S/C11H24S/c1-9(2)10(3)11(4,5)7-8-12-6/h9-10H,7-8H2,1-6H3. The van der Waals surface area contributed by atoms with Gasteiger partial charge in [-0.2, -0.15) is 11.8 Å². The second-order valence-corrected chi connectivity index (χ2v) is 5.75. The van der Waals surface area contributed by atoms with E-state index in [9.17, 15) is 0 Å². The van der Waals surface area contributed by atoms with Gasteiger partial charge < -0.3 is 0 Å². The molecule has 0 aliphatic carbocycles. The predicted octanol–water partition coefficient (Wildman–Crippen LogP) is 4.06. The molecule has 0 radical (unpaired) electrons. The van der Waals surface area contributed by atoms with Gasteiger partial charge in [0.05, 0.1) is 0 Å². The summed E-state index contributed by atoms with van der Waals surface area (Å²) in [5.74, 6) is 2.93. The number of thioether (sulfide) groups is 1. The van der Waals surface area contributed by atoms with Crippen molar-refractivity contribution in [2.45, 2.75) is 41.0 Å². The molecule has 0 fully saturated rings. The van der Waals surface area contributed by atoms with Crippen LogP contribution in [-0.2, 0) is 0 Å². The lowest BCUT2D eigenvalue weighted by molar-refractivity contribution is 0.170. The molecule has 0 saturated carbocycles. The van der Waals surface area contributed by atoms with Crippen LogP contribution in [0.4, 0.5) is 0 Å². The lowest BCUT2D eigenvalue weighted by Crippen LogP contribution is -2.26. The molecule has 1 heteroatoms. The maximum Gasteiger partial charge on any atom is -0.00651 e. The van der Waals surface area contributed by atoms with Crippen molar-refractivity contribution in [3.63, 3.8) is 0 Å². The zero-order chi connectivity index (χ0) is 9.78. The SMILES string of the molecule is CSCCC(C)(C)C(C)C(C)C. The van der Waals surface area contributed by atoms with Crippen molar-refractivity contribution in [1.82, 2.24) is 0 Å². The van der Waals surface area contributed by atoms with Gasteiger partial charge in [0, 0.05) is 0 Å². The highest BCUT2D eigenvalue weighted by Gasteiger charge is 2.27. The lowest BCUT2D eigenvalue weighted by atomic mass is 9.72. The van der Waals surface area contributed by atoms with Gasteiger partial charge in [-0.05, 0) is 35.7 Å². The number of rotatable bonds is 5. The average Bonchev–Trinajstić information content (AvgIpc) is 1.99. The van der Waals surface area contributed by atoms with E-state index in [4.69, 9.17) is 0 Å². The van der Waals surface area contributed by atoms with Gasteiger partial charge in [0.2, 0.25) is 0 Å². The Kier molecular flexibility index (Phi) is 5.31. The molecule has 12 heavy (non-hydrogen) atoms. The van der Waals surface area contributed by atoms with Gasteiger partial charge in [0.1, 0.15) is 0 Å². The van der Waals surface area contributed by atoms with Crippen molar-refractivity contribution in [2.24, 2.45) is 17.3 Å². The van der Waals surface area contributed by atoms with Crippen LogP contribution in [0.3, 0.4) is 0 Å². The van der Waals surface area contributed by atoms with E-state index >= 15 is 0 Å². The summed E-state index contributed by atoms with van der Waals surface area (Å²) in [6, 6.07) is 0. The first-order valence-corrected chi connectivity index (χ1v) is 6.30. The van der Waals surface area contributed by atoms with Crippen LogP contribution >= 0.6 is 11.8 Å². The van der Waals surface area contributed by atoms with E-state index in [0.29, 0.717) is 5.41 Å². The molecule has 1 atom stereocenters. The minimum atomic E-state index is 0.511. The molecule has 0 aliphatic heterocycles. The lowest BCUT2D eigenvalue weighted by Gasteiger charge is -2.34. The third kappa shape index (κ3) is 3.84. The van der Waals surface area contributed by atoms with E-state index in [1.807, 2.05) is 11.8 Å². The highest BCUT2D eigenvalue weighted by atomic mass is 32.2. The van der Waals surface area contributed by atoms with Gasteiger partial charge >= 0.3 is 0 Å². The molecule has 0 N–H and O–H groups in total. The Morgan fingerprint density at radius 1 is 1.17 bits per heavy atom. The summed E-state index contributed by atoms with van der Waals surface area (Å²) >= 11 is 1.96. The first-order chi connectivity index (χ1) is 5.41. The van der Waals surface area contributed by atoms with Crippen molar-refractivity contribution in [2.75, 3.05) is 12.0 Å². The topological polar surface area (TPSA) is 0 Å². The molecule has 0 aromatic carbocycles. The summed E-state index contributed by atoms with van der Waals surface area (Å²) < 4.78 is 0. The Hall–Kier alpha value is 0.350. The third-order valence-corrected chi connectivity index (χ3v) is 3.80. The summed E-state index contributed by atoms with van der Waals surface area (Å²) in [6.45, 7) is 11.8. The zero-order valence-electron chi connectivity index (χ0n) is 9.48. The molecule has 0 spiro atoms. The first kappa shape index (κ1) is 12.3. The number of hydrogen-bond donors (Lipinski definition) is 0. The van der Waals surface area contributed by atoms with Crippen LogP contribution in [0.1, 0.15) is 41.0 Å². The molecule has 74 valence electrons. The number of hydrogen-bond acceptors (Lipinski definition) is 1. The Balaban J connectivity index is 3.99. The molecule has 0 amide bonds. The fraction of sp³-hybridized carbons (Fsp3) is 1.00. The summed E-state index contributed by atoms with van der Waals surface area (Å²) in [5, 5.41) is 0. The first-order valence-electron chi connectivity index (χ1n) is 4.90. The molecule has 0 aliphatic rings. The maximum absolute atomic E-state index is 2.40. The summed E-state index contributed by atoms with van der Waals surface area (Å²) in [6.07, 6.45) is 3.53. The second-order valence-electron chi connectivity index (χ2n) is 4.76. The Bertz CT molecular complexity index is 116. The van der Waals surface area contributed by atoms with E-state index in [2.05, 4.69) is 40.9 Å².